The highest BCUT2D eigenvalue weighted by atomic mass is 19.1. The van der Waals surface area contributed by atoms with Crippen molar-refractivity contribution in [3.8, 4) is 0 Å². The van der Waals surface area contributed by atoms with Crippen LogP contribution in [0.3, 0.4) is 0 Å². The van der Waals surface area contributed by atoms with Gasteiger partial charge in [-0.05, 0) is 18.2 Å². The number of rotatable bonds is 5. The summed E-state index contributed by atoms with van der Waals surface area (Å²) >= 11 is 0. The summed E-state index contributed by atoms with van der Waals surface area (Å²) in [6, 6.07) is 6.93. The van der Waals surface area contributed by atoms with Gasteiger partial charge in [0, 0.05) is 23.5 Å². The molecule has 5 N–H and O–H groups in total. The van der Waals surface area contributed by atoms with Crippen LogP contribution in [0.5, 0.6) is 0 Å². The van der Waals surface area contributed by atoms with Gasteiger partial charge in [-0.15, -0.1) is 0 Å². The predicted molar refractivity (Wildman–Crippen MR) is 96.7 cm³/mol. The summed E-state index contributed by atoms with van der Waals surface area (Å²) in [7, 11) is 0. The van der Waals surface area contributed by atoms with Crippen LogP contribution < -0.4 is 21.7 Å². The molecule has 0 atom stereocenters. The summed E-state index contributed by atoms with van der Waals surface area (Å²) in [6.07, 6.45) is 1.03. The first-order valence-corrected chi connectivity index (χ1v) is 7.94. The van der Waals surface area contributed by atoms with E-state index >= 15 is 0 Å². The van der Waals surface area contributed by atoms with Crippen LogP contribution in [0, 0.1) is 11.6 Å². The molecule has 0 aliphatic carbocycles. The zero-order chi connectivity index (χ0) is 20.3. The number of halogens is 2. The third-order valence-electron chi connectivity index (χ3n) is 3.66. The largest absolute Gasteiger partial charge is 0.463 e. The molecule has 10 heteroatoms. The number of benzene rings is 2. The monoisotopic (exact) mass is 388 g/mol. The fraction of sp³-hybridized carbons (Fsp3) is 0.0556. The second-order valence-corrected chi connectivity index (χ2v) is 5.71. The van der Waals surface area contributed by atoms with Gasteiger partial charge in [0.15, 0.2) is 0 Å². The van der Waals surface area contributed by atoms with Crippen molar-refractivity contribution in [1.82, 2.24) is 5.32 Å². The van der Waals surface area contributed by atoms with Gasteiger partial charge in [0.25, 0.3) is 5.91 Å². The van der Waals surface area contributed by atoms with Gasteiger partial charge < -0.3 is 26.1 Å². The minimum absolute atomic E-state index is 0.0920. The molecular formula is C18H14F2N4O4. The maximum absolute atomic E-state index is 14.0. The molecule has 0 saturated heterocycles. The number of hydrogen-bond donors (Lipinski definition) is 4. The zero-order valence-corrected chi connectivity index (χ0v) is 14.2. The van der Waals surface area contributed by atoms with Gasteiger partial charge in [-0.2, -0.15) is 0 Å². The Morgan fingerprint density at radius 3 is 2.46 bits per heavy atom. The van der Waals surface area contributed by atoms with Crippen LogP contribution in [0.15, 0.2) is 47.1 Å². The predicted octanol–water partition coefficient (Wildman–Crippen LogP) is 2.57. The maximum atomic E-state index is 14.0. The minimum Gasteiger partial charge on any atom is -0.463 e. The van der Waals surface area contributed by atoms with Crippen LogP contribution in [0.1, 0.15) is 10.4 Å². The van der Waals surface area contributed by atoms with Crippen LogP contribution >= 0.6 is 0 Å². The third kappa shape index (κ3) is 4.23. The second-order valence-electron chi connectivity index (χ2n) is 5.71. The number of nitrogens with one attached hydrogen (secondary N) is 3. The number of anilines is 2. The second kappa shape index (κ2) is 7.74. The van der Waals surface area contributed by atoms with Crippen LogP contribution in [-0.4, -0.2) is 24.4 Å². The van der Waals surface area contributed by atoms with Crippen LogP contribution in [-0.2, 0) is 4.79 Å². The molecule has 0 aliphatic heterocycles. The lowest BCUT2D eigenvalue weighted by Crippen LogP contribution is -2.36. The summed E-state index contributed by atoms with van der Waals surface area (Å²) in [6.45, 7) is -0.317. The summed E-state index contributed by atoms with van der Waals surface area (Å²) in [5.41, 5.74) is 5.34. The first-order chi connectivity index (χ1) is 13.3. The molecule has 0 spiro atoms. The van der Waals surface area contributed by atoms with Crippen molar-refractivity contribution in [2.75, 3.05) is 17.2 Å². The number of fused-ring (bicyclic) bond motifs is 1. The molecule has 0 radical (unpaired) electrons. The number of urea groups is 1. The summed E-state index contributed by atoms with van der Waals surface area (Å²) < 4.78 is 32.3. The fourth-order valence-electron chi connectivity index (χ4n) is 2.50. The molecular weight excluding hydrogens is 374 g/mol. The van der Waals surface area contributed by atoms with Gasteiger partial charge in [0.2, 0.25) is 5.91 Å². The van der Waals surface area contributed by atoms with Crippen molar-refractivity contribution >= 4 is 40.2 Å². The molecule has 1 heterocycles. The maximum Gasteiger partial charge on any atom is 0.312 e. The molecule has 4 amide bonds. The Bertz CT molecular complexity index is 1080. The van der Waals surface area contributed by atoms with Crippen molar-refractivity contribution < 1.29 is 27.6 Å². The summed E-state index contributed by atoms with van der Waals surface area (Å²) in [4.78, 5) is 34.8. The highest BCUT2D eigenvalue weighted by Crippen LogP contribution is 2.26. The van der Waals surface area contributed by atoms with Gasteiger partial charge in [-0.25, -0.2) is 13.6 Å². The van der Waals surface area contributed by atoms with E-state index < -0.39 is 29.5 Å². The number of amides is 4. The molecule has 0 aliphatic rings. The number of primary amides is 1. The Balaban J connectivity index is 1.75. The number of nitrogens with two attached hydrogens (primary N) is 1. The number of hydrogen-bond acceptors (Lipinski definition) is 4. The molecule has 1 aromatic heterocycles. The lowest BCUT2D eigenvalue weighted by atomic mass is 10.1. The normalized spacial score (nSPS) is 10.5. The van der Waals surface area contributed by atoms with Crippen LogP contribution in [0.25, 0.3) is 11.0 Å². The number of carbonyl (C=O) groups excluding carboxylic acids is 3. The van der Waals surface area contributed by atoms with Gasteiger partial charge in [0.05, 0.1) is 17.5 Å². The first-order valence-electron chi connectivity index (χ1n) is 7.94. The van der Waals surface area contributed by atoms with Crippen molar-refractivity contribution in [2.45, 2.75) is 0 Å². The molecule has 2 aromatic carbocycles. The molecule has 0 saturated carbocycles. The molecule has 28 heavy (non-hydrogen) atoms. The van der Waals surface area contributed by atoms with E-state index in [0.717, 1.165) is 12.3 Å². The van der Waals surface area contributed by atoms with E-state index in [1.165, 1.54) is 6.07 Å². The van der Waals surface area contributed by atoms with Crippen LogP contribution in [0.2, 0.25) is 0 Å². The highest BCUT2D eigenvalue weighted by molar-refractivity contribution is 6.12. The SMILES string of the molecule is NC(=O)NCC(=O)Nc1cccc(NC(=O)c2coc3cc(F)cc(F)c23)c1. The molecule has 144 valence electrons. The third-order valence-corrected chi connectivity index (χ3v) is 3.66. The van der Waals surface area contributed by atoms with Crippen LogP contribution in [0.4, 0.5) is 25.0 Å². The Kier molecular flexibility index (Phi) is 5.21. The molecule has 0 fully saturated rings. The minimum atomic E-state index is -0.920. The van der Waals surface area contributed by atoms with Crippen molar-refractivity contribution in [1.29, 1.82) is 0 Å². The molecule has 0 unspecified atom stereocenters. The van der Waals surface area contributed by atoms with E-state index in [1.807, 2.05) is 0 Å². The average molecular weight is 388 g/mol. The van der Waals surface area contributed by atoms with E-state index in [9.17, 15) is 23.2 Å². The average Bonchev–Trinajstić information content (AvgIpc) is 3.04. The van der Waals surface area contributed by atoms with E-state index in [2.05, 4.69) is 16.0 Å². The van der Waals surface area contributed by atoms with Crippen molar-refractivity contribution in [3.63, 3.8) is 0 Å². The topological polar surface area (TPSA) is 126 Å². The molecule has 3 aromatic rings. The molecule has 3 rings (SSSR count). The highest BCUT2D eigenvalue weighted by Gasteiger charge is 2.19. The fourth-order valence-corrected chi connectivity index (χ4v) is 2.50. The van der Waals surface area contributed by atoms with Crippen molar-refractivity contribution in [3.05, 3.63) is 59.9 Å². The van der Waals surface area contributed by atoms with Gasteiger partial charge >= 0.3 is 6.03 Å². The molecule has 0 bridgehead atoms. The standard InChI is InChI=1S/C18H14F2N4O4/c19-9-4-13(20)16-12(8-28-14(16)5-9)17(26)24-11-3-1-2-10(6-11)23-15(25)7-22-18(21)27/h1-6,8H,7H2,(H,23,25)(H,24,26)(H3,21,22,27). The summed E-state index contributed by atoms with van der Waals surface area (Å²) in [5.74, 6) is -2.94. The van der Waals surface area contributed by atoms with Gasteiger partial charge in [-0.1, -0.05) is 6.07 Å². The Morgan fingerprint density at radius 2 is 1.75 bits per heavy atom. The van der Waals surface area contributed by atoms with E-state index in [1.54, 1.807) is 18.2 Å². The Hall–Kier alpha value is -3.95. The Morgan fingerprint density at radius 1 is 1.04 bits per heavy atom. The quantitative estimate of drug-likeness (QED) is 0.536. The van der Waals surface area contributed by atoms with Gasteiger partial charge in [-0.3, -0.25) is 9.59 Å². The van der Waals surface area contributed by atoms with E-state index in [0.29, 0.717) is 17.4 Å². The number of carbonyl (C=O) groups is 3. The molecule has 8 nitrogen and oxygen atoms in total. The zero-order valence-electron chi connectivity index (χ0n) is 14.2. The van der Waals surface area contributed by atoms with Crippen molar-refractivity contribution in [2.24, 2.45) is 5.73 Å². The smallest absolute Gasteiger partial charge is 0.312 e. The van der Waals surface area contributed by atoms with E-state index in [-0.39, 0.29) is 23.1 Å². The number of furan rings is 1. The lowest BCUT2D eigenvalue weighted by Gasteiger charge is -2.09. The Labute approximate surface area is 156 Å². The van der Waals surface area contributed by atoms with E-state index in [4.69, 9.17) is 10.2 Å². The first kappa shape index (κ1) is 18.8. The summed E-state index contributed by atoms with van der Waals surface area (Å²) in [5, 5.41) is 7.06. The van der Waals surface area contributed by atoms with Gasteiger partial charge in [0.1, 0.15) is 23.5 Å². The lowest BCUT2D eigenvalue weighted by molar-refractivity contribution is -0.115.